The van der Waals surface area contributed by atoms with Crippen molar-refractivity contribution >= 4 is 29.8 Å². The highest BCUT2D eigenvalue weighted by Gasteiger charge is 2.04. The minimum atomic E-state index is -1.08. The number of phenols is 1. The number of halogens is 1. The summed E-state index contributed by atoms with van der Waals surface area (Å²) in [6, 6.07) is 10.9. The molecule has 2 aromatic rings. The molecule has 0 aromatic heterocycles. The van der Waals surface area contributed by atoms with E-state index in [1.54, 1.807) is 24.3 Å². The van der Waals surface area contributed by atoms with E-state index in [1.165, 1.54) is 12.1 Å². The predicted octanol–water partition coefficient (Wildman–Crippen LogP) is 1.86. The van der Waals surface area contributed by atoms with Gasteiger partial charge in [-0.2, -0.15) is 0 Å². The molecule has 0 bridgehead atoms. The zero-order chi connectivity index (χ0) is 15.1. The van der Waals surface area contributed by atoms with Crippen LogP contribution in [0.3, 0.4) is 0 Å². The molecule has 2 aromatic carbocycles. The molecule has 7 N–H and O–H groups in total. The molecule has 0 spiro atoms. The van der Waals surface area contributed by atoms with Crippen molar-refractivity contribution in [2.24, 2.45) is 0 Å². The lowest BCUT2D eigenvalue weighted by atomic mass is 10.2. The molecule has 0 saturated carbocycles. The summed E-state index contributed by atoms with van der Waals surface area (Å²) >= 11 is 0. The van der Waals surface area contributed by atoms with Gasteiger partial charge in [0.15, 0.2) is 0 Å². The molecule has 0 aliphatic carbocycles. The maximum absolute atomic E-state index is 10.3. The first kappa shape index (κ1) is 18.6. The van der Waals surface area contributed by atoms with Crippen molar-refractivity contribution in [1.29, 1.82) is 0 Å². The molecular formula is C14H17ClN2O4. The zero-order valence-corrected chi connectivity index (χ0v) is 11.9. The van der Waals surface area contributed by atoms with Crippen molar-refractivity contribution in [2.45, 2.75) is 6.61 Å². The second-order valence-electron chi connectivity index (χ2n) is 3.98. The normalized spacial score (nSPS) is 9.00. The Morgan fingerprint density at radius 2 is 1.62 bits per heavy atom. The van der Waals surface area contributed by atoms with Gasteiger partial charge < -0.3 is 26.8 Å². The summed E-state index contributed by atoms with van der Waals surface area (Å²) < 4.78 is 0. The number of carboxylic acid groups (broad SMARTS) is 1. The van der Waals surface area contributed by atoms with E-state index in [0.717, 1.165) is 17.3 Å². The Labute approximate surface area is 128 Å². The molecule has 21 heavy (non-hydrogen) atoms. The number of aliphatic hydroxyl groups excluding tert-OH is 1. The first-order chi connectivity index (χ1) is 9.43. The summed E-state index contributed by atoms with van der Waals surface area (Å²) in [7, 11) is 0. The van der Waals surface area contributed by atoms with Crippen LogP contribution in [0.2, 0.25) is 0 Å². The van der Waals surface area contributed by atoms with Crippen LogP contribution in [0.4, 0.5) is 11.4 Å². The van der Waals surface area contributed by atoms with Crippen LogP contribution < -0.4 is 11.5 Å². The van der Waals surface area contributed by atoms with Crippen LogP contribution in [-0.4, -0.2) is 21.3 Å². The third-order valence-corrected chi connectivity index (χ3v) is 2.44. The van der Waals surface area contributed by atoms with Gasteiger partial charge in [-0.05, 0) is 35.9 Å². The van der Waals surface area contributed by atoms with Crippen LogP contribution >= 0.6 is 12.4 Å². The van der Waals surface area contributed by atoms with Gasteiger partial charge in [-0.3, -0.25) is 0 Å². The summed E-state index contributed by atoms with van der Waals surface area (Å²) in [5.74, 6) is -1.29. The number of nitrogens with two attached hydrogens (primary N) is 2. The number of hydrogen-bond acceptors (Lipinski definition) is 5. The first-order valence-corrected chi connectivity index (χ1v) is 5.71. The van der Waals surface area contributed by atoms with E-state index in [9.17, 15) is 4.79 Å². The summed E-state index contributed by atoms with van der Waals surface area (Å²) in [6.45, 7) is 0.0836. The third kappa shape index (κ3) is 6.03. The van der Waals surface area contributed by atoms with Crippen LogP contribution in [0.15, 0.2) is 42.5 Å². The fourth-order valence-corrected chi connectivity index (χ4v) is 1.30. The Balaban J connectivity index is 0.000000370. The predicted molar refractivity (Wildman–Crippen MR) is 83.5 cm³/mol. The monoisotopic (exact) mass is 312 g/mol. The maximum atomic E-state index is 10.3. The molecule has 0 radical (unpaired) electrons. The summed E-state index contributed by atoms with van der Waals surface area (Å²) in [5.41, 5.74) is 12.5. The summed E-state index contributed by atoms with van der Waals surface area (Å²) in [4.78, 5) is 10.3. The maximum Gasteiger partial charge on any atom is 0.335 e. The lowest BCUT2D eigenvalue weighted by Gasteiger charge is -1.98. The standard InChI is InChI=1S/C7H7NO3.C7H9NO.ClH/c8-5-2-1-4(7(10)11)3-6(5)9;8-7-3-1-6(5-9)2-4-7;/h1-3,9H,8H2,(H,10,11);1-4,9H,5,8H2;1H. The van der Waals surface area contributed by atoms with Crippen molar-refractivity contribution < 1.29 is 20.1 Å². The highest BCUT2D eigenvalue weighted by Crippen LogP contribution is 2.20. The van der Waals surface area contributed by atoms with Gasteiger partial charge in [0.25, 0.3) is 0 Å². The quantitative estimate of drug-likeness (QED) is 0.425. The smallest absolute Gasteiger partial charge is 0.335 e. The zero-order valence-electron chi connectivity index (χ0n) is 11.1. The number of benzene rings is 2. The molecule has 0 heterocycles. The number of phenolic OH excluding ortho intramolecular Hbond substituents is 1. The summed E-state index contributed by atoms with van der Waals surface area (Å²) in [5, 5.41) is 26.0. The Morgan fingerprint density at radius 1 is 1.05 bits per heavy atom. The molecule has 0 aliphatic rings. The Morgan fingerprint density at radius 3 is 2.05 bits per heavy atom. The molecule has 0 aliphatic heterocycles. The van der Waals surface area contributed by atoms with E-state index in [-0.39, 0.29) is 36.0 Å². The van der Waals surface area contributed by atoms with Gasteiger partial charge in [-0.25, -0.2) is 4.79 Å². The largest absolute Gasteiger partial charge is 0.506 e. The number of aliphatic hydroxyl groups is 1. The second kappa shape index (κ2) is 8.68. The van der Waals surface area contributed by atoms with Gasteiger partial charge >= 0.3 is 5.97 Å². The Hall–Kier alpha value is -2.44. The molecule has 6 nitrogen and oxygen atoms in total. The lowest BCUT2D eigenvalue weighted by Crippen LogP contribution is -1.96. The van der Waals surface area contributed by atoms with Crippen LogP contribution in [0, 0.1) is 0 Å². The van der Waals surface area contributed by atoms with Crippen molar-refractivity contribution in [1.82, 2.24) is 0 Å². The first-order valence-electron chi connectivity index (χ1n) is 5.71. The third-order valence-electron chi connectivity index (χ3n) is 2.44. The van der Waals surface area contributed by atoms with E-state index in [1.807, 2.05) is 0 Å². The van der Waals surface area contributed by atoms with Crippen LogP contribution in [0.25, 0.3) is 0 Å². The van der Waals surface area contributed by atoms with Crippen molar-refractivity contribution in [3.63, 3.8) is 0 Å². The molecule has 2 rings (SSSR count). The van der Waals surface area contributed by atoms with Crippen LogP contribution in [-0.2, 0) is 6.61 Å². The molecule has 0 amide bonds. The van der Waals surface area contributed by atoms with Crippen LogP contribution in [0.1, 0.15) is 15.9 Å². The molecule has 0 unspecified atom stereocenters. The van der Waals surface area contributed by atoms with Gasteiger partial charge in [-0.15, -0.1) is 12.4 Å². The lowest BCUT2D eigenvalue weighted by molar-refractivity contribution is 0.0696. The number of anilines is 2. The van der Waals surface area contributed by atoms with E-state index in [0.29, 0.717) is 0 Å². The number of aromatic carboxylic acids is 1. The van der Waals surface area contributed by atoms with E-state index in [2.05, 4.69) is 0 Å². The number of rotatable bonds is 2. The molecule has 0 atom stereocenters. The minimum absolute atomic E-state index is 0. The molecular weight excluding hydrogens is 296 g/mol. The fraction of sp³-hybridized carbons (Fsp3) is 0.0714. The van der Waals surface area contributed by atoms with Crippen molar-refractivity contribution in [3.05, 3.63) is 53.6 Å². The van der Waals surface area contributed by atoms with Crippen molar-refractivity contribution in [2.75, 3.05) is 11.5 Å². The van der Waals surface area contributed by atoms with Gasteiger partial charge in [0.2, 0.25) is 0 Å². The topological polar surface area (TPSA) is 130 Å². The number of nitrogen functional groups attached to an aromatic ring is 2. The van der Waals surface area contributed by atoms with Gasteiger partial charge in [0, 0.05) is 5.69 Å². The molecule has 114 valence electrons. The Kier molecular flexibility index (Phi) is 7.67. The SMILES string of the molecule is Cl.Nc1ccc(C(=O)O)cc1O.Nc1ccc(CO)cc1. The highest BCUT2D eigenvalue weighted by atomic mass is 35.5. The second-order valence-corrected chi connectivity index (χ2v) is 3.98. The number of carboxylic acids is 1. The van der Waals surface area contributed by atoms with Crippen LogP contribution in [0.5, 0.6) is 5.75 Å². The molecule has 0 saturated heterocycles. The van der Waals surface area contributed by atoms with Crippen molar-refractivity contribution in [3.8, 4) is 5.75 Å². The Bertz CT molecular complexity index is 588. The average Bonchev–Trinajstić information content (AvgIpc) is 2.43. The average molecular weight is 313 g/mol. The van der Waals surface area contributed by atoms with Gasteiger partial charge in [0.1, 0.15) is 5.75 Å². The fourth-order valence-electron chi connectivity index (χ4n) is 1.30. The van der Waals surface area contributed by atoms with Gasteiger partial charge in [0.05, 0.1) is 17.9 Å². The molecule has 0 fully saturated rings. The number of aromatic hydroxyl groups is 1. The van der Waals surface area contributed by atoms with E-state index in [4.69, 9.17) is 26.8 Å². The van der Waals surface area contributed by atoms with E-state index >= 15 is 0 Å². The van der Waals surface area contributed by atoms with E-state index < -0.39 is 5.97 Å². The highest BCUT2D eigenvalue weighted by molar-refractivity contribution is 5.88. The van der Waals surface area contributed by atoms with Gasteiger partial charge in [-0.1, -0.05) is 12.1 Å². The summed E-state index contributed by atoms with van der Waals surface area (Å²) in [6.07, 6.45) is 0. The minimum Gasteiger partial charge on any atom is -0.506 e. The number of carbonyl (C=O) groups is 1. The number of hydrogen-bond donors (Lipinski definition) is 5. The molecule has 7 heteroatoms.